The number of nitrogens with one attached hydrogen (secondary N) is 2. The van der Waals surface area contributed by atoms with Crippen molar-refractivity contribution in [3.63, 3.8) is 0 Å². The first-order valence-electron chi connectivity index (χ1n) is 4.60. The van der Waals surface area contributed by atoms with E-state index in [0.717, 1.165) is 28.0 Å². The van der Waals surface area contributed by atoms with E-state index >= 15 is 0 Å². The van der Waals surface area contributed by atoms with E-state index < -0.39 is 0 Å². The fourth-order valence-electron chi connectivity index (χ4n) is 1.36. The van der Waals surface area contributed by atoms with Crippen molar-refractivity contribution in [1.29, 1.82) is 0 Å². The zero-order valence-corrected chi connectivity index (χ0v) is 9.87. The predicted octanol–water partition coefficient (Wildman–Crippen LogP) is 1.95. The van der Waals surface area contributed by atoms with E-state index in [1.807, 2.05) is 19.2 Å². The Morgan fingerprint density at radius 2 is 2.13 bits per heavy atom. The Bertz CT molecular complexity index is 438. The molecule has 2 aromatic heterocycles. The second-order valence-electron chi connectivity index (χ2n) is 3.13. The number of nitrogens with zero attached hydrogens (tertiary/aromatic N) is 2. The van der Waals surface area contributed by atoms with Crippen LogP contribution in [0.4, 0.5) is 0 Å². The molecule has 0 aliphatic carbocycles. The fourth-order valence-corrected chi connectivity index (χ4v) is 1.91. The van der Waals surface area contributed by atoms with Gasteiger partial charge in [0, 0.05) is 24.5 Å². The van der Waals surface area contributed by atoms with Gasteiger partial charge in [0.1, 0.15) is 5.69 Å². The van der Waals surface area contributed by atoms with Gasteiger partial charge in [0.25, 0.3) is 0 Å². The quantitative estimate of drug-likeness (QED) is 0.893. The highest BCUT2D eigenvalue weighted by Gasteiger charge is 2.10. The van der Waals surface area contributed by atoms with E-state index in [4.69, 9.17) is 0 Å². The molecule has 0 bridgehead atoms. The molecule has 0 saturated carbocycles. The summed E-state index contributed by atoms with van der Waals surface area (Å²) in [4.78, 5) is 3.98. The van der Waals surface area contributed by atoms with Gasteiger partial charge in [0.15, 0.2) is 0 Å². The average Bonchev–Trinajstić information content (AvgIpc) is 2.63. The van der Waals surface area contributed by atoms with Crippen molar-refractivity contribution in [2.45, 2.75) is 6.54 Å². The summed E-state index contributed by atoms with van der Waals surface area (Å²) in [5.74, 6) is 0. The molecule has 15 heavy (non-hydrogen) atoms. The van der Waals surface area contributed by atoms with Crippen molar-refractivity contribution >= 4 is 15.9 Å². The molecule has 2 heterocycles. The van der Waals surface area contributed by atoms with Crippen LogP contribution < -0.4 is 5.32 Å². The maximum Gasteiger partial charge on any atom is 0.107 e. The van der Waals surface area contributed by atoms with Crippen LogP contribution in [-0.4, -0.2) is 22.2 Å². The highest BCUT2D eigenvalue weighted by atomic mass is 79.9. The molecule has 2 aromatic rings. The Labute approximate surface area is 96.3 Å². The van der Waals surface area contributed by atoms with E-state index in [0.29, 0.717) is 0 Å². The third kappa shape index (κ3) is 2.08. The zero-order chi connectivity index (χ0) is 10.7. The second kappa shape index (κ2) is 4.55. The Morgan fingerprint density at radius 1 is 1.40 bits per heavy atom. The molecule has 0 atom stereocenters. The van der Waals surface area contributed by atoms with E-state index in [9.17, 15) is 0 Å². The highest BCUT2D eigenvalue weighted by Crippen LogP contribution is 2.28. The van der Waals surface area contributed by atoms with Gasteiger partial charge in [0.05, 0.1) is 10.2 Å². The Hall–Kier alpha value is -1.20. The van der Waals surface area contributed by atoms with E-state index in [-0.39, 0.29) is 0 Å². The first-order chi connectivity index (χ1) is 7.33. The van der Waals surface area contributed by atoms with E-state index in [1.165, 1.54) is 0 Å². The summed E-state index contributed by atoms with van der Waals surface area (Å²) in [6.45, 7) is 0.763. The summed E-state index contributed by atoms with van der Waals surface area (Å²) in [7, 11) is 1.90. The first-order valence-corrected chi connectivity index (χ1v) is 5.40. The predicted molar refractivity (Wildman–Crippen MR) is 62.3 cm³/mol. The van der Waals surface area contributed by atoms with Crippen LogP contribution in [0.1, 0.15) is 5.69 Å². The van der Waals surface area contributed by atoms with Crippen LogP contribution in [0.5, 0.6) is 0 Å². The molecule has 78 valence electrons. The molecular weight excluding hydrogens is 256 g/mol. The van der Waals surface area contributed by atoms with Crippen LogP contribution in [0.15, 0.2) is 29.0 Å². The van der Waals surface area contributed by atoms with Crippen molar-refractivity contribution in [2.24, 2.45) is 0 Å². The van der Waals surface area contributed by atoms with Crippen LogP contribution in [0.25, 0.3) is 11.3 Å². The highest BCUT2D eigenvalue weighted by molar-refractivity contribution is 9.10. The molecule has 0 unspecified atom stereocenters. The molecule has 2 rings (SSSR count). The Kier molecular flexibility index (Phi) is 3.13. The van der Waals surface area contributed by atoms with E-state index in [2.05, 4.69) is 36.4 Å². The van der Waals surface area contributed by atoms with Crippen LogP contribution in [-0.2, 0) is 6.54 Å². The van der Waals surface area contributed by atoms with Crippen molar-refractivity contribution in [1.82, 2.24) is 20.5 Å². The minimum Gasteiger partial charge on any atom is -0.314 e. The Morgan fingerprint density at radius 3 is 2.80 bits per heavy atom. The van der Waals surface area contributed by atoms with Gasteiger partial charge in [-0.05, 0) is 35.1 Å². The number of hydrogen-bond donors (Lipinski definition) is 2. The van der Waals surface area contributed by atoms with Gasteiger partial charge in [0.2, 0.25) is 0 Å². The van der Waals surface area contributed by atoms with Gasteiger partial charge in [-0.25, -0.2) is 0 Å². The molecule has 0 aliphatic heterocycles. The third-order valence-corrected chi connectivity index (χ3v) is 2.94. The summed E-state index contributed by atoms with van der Waals surface area (Å²) < 4.78 is 1.00. The number of H-pyrrole nitrogens is 1. The molecule has 0 amide bonds. The first kappa shape index (κ1) is 10.3. The molecular formula is C10H11BrN4. The van der Waals surface area contributed by atoms with Gasteiger partial charge in [-0.15, -0.1) is 0 Å². The van der Waals surface area contributed by atoms with Crippen LogP contribution in [0.2, 0.25) is 0 Å². The van der Waals surface area contributed by atoms with Crippen molar-refractivity contribution in [3.8, 4) is 11.3 Å². The standard InChI is InChI=1S/C10H11BrN4/c1-12-6-8-9(11)10(15-14-8)7-2-4-13-5-3-7/h2-5,12H,6H2,1H3,(H,14,15). The molecule has 0 saturated heterocycles. The molecule has 0 spiro atoms. The largest absolute Gasteiger partial charge is 0.314 e. The van der Waals surface area contributed by atoms with Crippen LogP contribution in [0.3, 0.4) is 0 Å². The van der Waals surface area contributed by atoms with Gasteiger partial charge in [-0.1, -0.05) is 0 Å². The maximum absolute atomic E-state index is 4.26. The minimum absolute atomic E-state index is 0.763. The lowest BCUT2D eigenvalue weighted by atomic mass is 10.2. The molecule has 0 aliphatic rings. The third-order valence-electron chi connectivity index (χ3n) is 2.08. The zero-order valence-electron chi connectivity index (χ0n) is 8.29. The lowest BCUT2D eigenvalue weighted by Gasteiger charge is -1.97. The van der Waals surface area contributed by atoms with Crippen molar-refractivity contribution in [3.05, 3.63) is 34.7 Å². The summed E-state index contributed by atoms with van der Waals surface area (Å²) in [6, 6.07) is 3.87. The fraction of sp³-hybridized carbons (Fsp3) is 0.200. The minimum atomic E-state index is 0.763. The number of pyridine rings is 1. The topological polar surface area (TPSA) is 53.6 Å². The molecule has 0 fully saturated rings. The van der Waals surface area contributed by atoms with Gasteiger partial charge >= 0.3 is 0 Å². The Balaban J connectivity index is 2.38. The van der Waals surface area contributed by atoms with Gasteiger partial charge in [-0.3, -0.25) is 10.1 Å². The number of halogens is 1. The molecule has 0 aromatic carbocycles. The monoisotopic (exact) mass is 266 g/mol. The summed E-state index contributed by atoms with van der Waals surface area (Å²) in [5.41, 5.74) is 3.02. The summed E-state index contributed by atoms with van der Waals surface area (Å²) in [5, 5.41) is 10.3. The van der Waals surface area contributed by atoms with Crippen molar-refractivity contribution in [2.75, 3.05) is 7.05 Å². The second-order valence-corrected chi connectivity index (χ2v) is 3.92. The molecule has 4 nitrogen and oxygen atoms in total. The number of hydrogen-bond acceptors (Lipinski definition) is 3. The van der Waals surface area contributed by atoms with Gasteiger partial charge < -0.3 is 5.32 Å². The van der Waals surface area contributed by atoms with E-state index in [1.54, 1.807) is 12.4 Å². The molecule has 0 radical (unpaired) electrons. The molecule has 5 heteroatoms. The number of aromatic nitrogens is 3. The summed E-state index contributed by atoms with van der Waals surface area (Å²) >= 11 is 3.53. The average molecular weight is 267 g/mol. The van der Waals surface area contributed by atoms with Crippen molar-refractivity contribution < 1.29 is 0 Å². The lowest BCUT2D eigenvalue weighted by molar-refractivity contribution is 0.781. The normalized spacial score (nSPS) is 10.5. The summed E-state index contributed by atoms with van der Waals surface area (Å²) in [6.07, 6.45) is 3.52. The number of rotatable bonds is 3. The van der Waals surface area contributed by atoms with Crippen LogP contribution >= 0.6 is 15.9 Å². The smallest absolute Gasteiger partial charge is 0.107 e. The maximum atomic E-state index is 4.26. The SMILES string of the molecule is CNCc1[nH]nc(-c2ccncc2)c1Br. The van der Waals surface area contributed by atoms with Crippen LogP contribution in [0, 0.1) is 0 Å². The van der Waals surface area contributed by atoms with Gasteiger partial charge in [-0.2, -0.15) is 5.10 Å². The molecule has 2 N–H and O–H groups in total. The number of aromatic amines is 1. The lowest BCUT2D eigenvalue weighted by Crippen LogP contribution is -2.05.